The molecule has 2 aromatic carbocycles. The number of hydrogen-bond acceptors (Lipinski definition) is 7. The number of aromatic nitrogens is 1. The van der Waals surface area contributed by atoms with Crippen LogP contribution in [0.4, 0.5) is 14.9 Å². The van der Waals surface area contributed by atoms with Crippen molar-refractivity contribution in [2.45, 2.75) is 51.2 Å². The Kier molecular flexibility index (Phi) is 8.92. The number of nitriles is 1. The van der Waals surface area contributed by atoms with E-state index >= 15 is 0 Å². The van der Waals surface area contributed by atoms with Crippen LogP contribution in [0.15, 0.2) is 48.7 Å². The van der Waals surface area contributed by atoms with Crippen molar-refractivity contribution in [3.63, 3.8) is 0 Å². The van der Waals surface area contributed by atoms with Gasteiger partial charge >= 0.3 is 12.1 Å². The summed E-state index contributed by atoms with van der Waals surface area (Å²) in [7, 11) is 1.33. The normalized spacial score (nSPS) is 20.4. The number of esters is 1. The molecule has 0 radical (unpaired) electrons. The van der Waals surface area contributed by atoms with Gasteiger partial charge in [-0.2, -0.15) is 5.26 Å². The van der Waals surface area contributed by atoms with Crippen LogP contribution in [0.25, 0.3) is 11.1 Å². The van der Waals surface area contributed by atoms with E-state index < -0.39 is 24.1 Å². The number of carbonyl (C=O) groups excluding carboxylic acids is 3. The van der Waals surface area contributed by atoms with Gasteiger partial charge in [-0.25, -0.2) is 9.18 Å². The van der Waals surface area contributed by atoms with Gasteiger partial charge in [0, 0.05) is 41.9 Å². The van der Waals surface area contributed by atoms with Gasteiger partial charge in [-0.15, -0.1) is 0 Å². The molecule has 1 saturated heterocycles. The van der Waals surface area contributed by atoms with Gasteiger partial charge in [0.2, 0.25) is 5.91 Å². The number of anilines is 1. The minimum absolute atomic E-state index is 0.0233. The SMILES string of the molecule is COC(=O)Cc1ccc2c(c1)NC(=O)[C@H](C)CCC[C@H](N1CCC(c3c(C#N)ccc(Cl)c3F)OC1=O)c1cc-2ccn1. The Balaban J connectivity index is 1.48. The van der Waals surface area contributed by atoms with E-state index in [1.165, 1.54) is 19.2 Å². The minimum Gasteiger partial charge on any atom is -0.469 e. The summed E-state index contributed by atoms with van der Waals surface area (Å²) in [4.78, 5) is 44.7. The lowest BCUT2D eigenvalue weighted by atomic mass is 9.93. The van der Waals surface area contributed by atoms with Crippen LogP contribution in [-0.4, -0.2) is 41.5 Å². The van der Waals surface area contributed by atoms with E-state index in [2.05, 4.69) is 10.3 Å². The molecule has 1 aromatic heterocycles. The zero-order chi connectivity index (χ0) is 30.7. The third kappa shape index (κ3) is 6.32. The molecule has 3 aromatic rings. The fourth-order valence-electron chi connectivity index (χ4n) is 5.62. The second-order valence-electron chi connectivity index (χ2n) is 10.7. The molecule has 11 heteroatoms. The molecule has 5 rings (SSSR count). The van der Waals surface area contributed by atoms with Gasteiger partial charge in [-0.3, -0.25) is 19.5 Å². The number of benzene rings is 2. The first kappa shape index (κ1) is 30.0. The topological polar surface area (TPSA) is 122 Å². The maximum Gasteiger partial charge on any atom is 0.410 e. The summed E-state index contributed by atoms with van der Waals surface area (Å²) in [6.07, 6.45) is 2.05. The molecule has 0 spiro atoms. The van der Waals surface area contributed by atoms with Crippen molar-refractivity contribution in [2.75, 3.05) is 19.0 Å². The number of hydrogen-bond donors (Lipinski definition) is 1. The van der Waals surface area contributed by atoms with Gasteiger partial charge in [0.15, 0.2) is 0 Å². The van der Waals surface area contributed by atoms with Crippen LogP contribution < -0.4 is 5.32 Å². The zero-order valence-electron chi connectivity index (χ0n) is 23.7. The van der Waals surface area contributed by atoms with Crippen molar-refractivity contribution in [1.29, 1.82) is 5.26 Å². The smallest absolute Gasteiger partial charge is 0.410 e. The van der Waals surface area contributed by atoms with Crippen molar-refractivity contribution in [3.8, 4) is 17.2 Å². The maximum atomic E-state index is 15.0. The van der Waals surface area contributed by atoms with Crippen LogP contribution in [0.2, 0.25) is 5.02 Å². The van der Waals surface area contributed by atoms with Crippen LogP contribution in [-0.2, 0) is 25.5 Å². The quantitative estimate of drug-likeness (QED) is 0.337. The number of halogens is 2. The highest BCUT2D eigenvalue weighted by atomic mass is 35.5. The zero-order valence-corrected chi connectivity index (χ0v) is 24.5. The minimum atomic E-state index is -0.961. The van der Waals surface area contributed by atoms with Gasteiger partial charge in [-0.05, 0) is 54.3 Å². The number of pyridine rings is 1. The molecule has 3 heterocycles. The molecule has 3 atom stereocenters. The number of rotatable bonds is 4. The van der Waals surface area contributed by atoms with Crippen molar-refractivity contribution in [3.05, 3.63) is 81.9 Å². The monoisotopic (exact) mass is 604 g/mol. The highest BCUT2D eigenvalue weighted by Crippen LogP contribution is 2.39. The molecule has 0 saturated carbocycles. The highest BCUT2D eigenvalue weighted by Gasteiger charge is 2.37. The number of cyclic esters (lactones) is 1. The molecule has 43 heavy (non-hydrogen) atoms. The standard InChI is InChI=1S/C32H30ClFN4O5/c1-18-4-3-5-26(38-13-11-27(43-32(38)41)29-21(17-35)7-9-23(33)30(29)34)25-16-20(10-12-36-25)22-8-6-19(15-28(39)42-2)14-24(22)37-31(18)40/h6-10,12,14,16,18,26-27H,3-5,11,13,15H2,1-2H3,(H,37,40)/t18-,26+,27?/m1/s1. The molecule has 2 aliphatic rings. The Labute approximate surface area is 253 Å². The summed E-state index contributed by atoms with van der Waals surface area (Å²) in [5.41, 5.74) is 3.44. The molecular weight excluding hydrogens is 575 g/mol. The fourth-order valence-corrected chi connectivity index (χ4v) is 5.79. The largest absolute Gasteiger partial charge is 0.469 e. The van der Waals surface area contributed by atoms with E-state index in [0.717, 1.165) is 11.1 Å². The van der Waals surface area contributed by atoms with Gasteiger partial charge < -0.3 is 14.8 Å². The third-order valence-corrected chi connectivity index (χ3v) is 8.27. The van der Waals surface area contributed by atoms with Gasteiger partial charge in [-0.1, -0.05) is 37.1 Å². The first-order chi connectivity index (χ1) is 20.7. The lowest BCUT2D eigenvalue weighted by Crippen LogP contribution is -2.42. The van der Waals surface area contributed by atoms with Gasteiger partial charge in [0.1, 0.15) is 11.9 Å². The number of methoxy groups -OCH3 is 1. The van der Waals surface area contributed by atoms with Crippen molar-refractivity contribution in [2.24, 2.45) is 5.92 Å². The number of fused-ring (bicyclic) bond motifs is 4. The summed E-state index contributed by atoms with van der Waals surface area (Å²) in [5.74, 6) is -1.64. The van der Waals surface area contributed by atoms with E-state index in [1.54, 1.807) is 23.2 Å². The average Bonchev–Trinajstić information content (AvgIpc) is 3.00. The molecule has 1 N–H and O–H groups in total. The summed E-state index contributed by atoms with van der Waals surface area (Å²) in [6, 6.07) is 13.3. The van der Waals surface area contributed by atoms with Gasteiger partial charge in [0.05, 0.1) is 41.9 Å². The van der Waals surface area contributed by atoms with E-state index in [0.29, 0.717) is 36.2 Å². The summed E-state index contributed by atoms with van der Waals surface area (Å²) >= 11 is 5.98. The first-order valence-corrected chi connectivity index (χ1v) is 14.4. The predicted octanol–water partition coefficient (Wildman–Crippen LogP) is 6.51. The van der Waals surface area contributed by atoms with Crippen molar-refractivity contribution < 1.29 is 28.2 Å². The Morgan fingerprint density at radius 2 is 2.02 bits per heavy atom. The third-order valence-electron chi connectivity index (χ3n) is 7.97. The molecule has 2 aliphatic heterocycles. The molecule has 222 valence electrons. The second-order valence-corrected chi connectivity index (χ2v) is 11.1. The van der Waals surface area contributed by atoms with E-state index in [4.69, 9.17) is 21.1 Å². The number of carbonyl (C=O) groups is 3. The molecule has 0 aliphatic carbocycles. The lowest BCUT2D eigenvalue weighted by molar-refractivity contribution is -0.139. The maximum absolute atomic E-state index is 15.0. The summed E-state index contributed by atoms with van der Waals surface area (Å²) in [5, 5.41) is 12.4. The Bertz CT molecular complexity index is 1620. The van der Waals surface area contributed by atoms with Crippen LogP contribution in [0.3, 0.4) is 0 Å². The summed E-state index contributed by atoms with van der Waals surface area (Å²) in [6.45, 7) is 2.08. The first-order valence-electron chi connectivity index (χ1n) is 14.0. The average molecular weight is 605 g/mol. The highest BCUT2D eigenvalue weighted by molar-refractivity contribution is 6.30. The van der Waals surface area contributed by atoms with Crippen LogP contribution >= 0.6 is 11.6 Å². The fraction of sp³-hybridized carbons (Fsp3) is 0.344. The molecule has 2 amide bonds. The van der Waals surface area contributed by atoms with Crippen molar-refractivity contribution >= 4 is 35.3 Å². The molecule has 2 bridgehead atoms. The van der Waals surface area contributed by atoms with Crippen molar-refractivity contribution in [1.82, 2.24) is 9.88 Å². The van der Waals surface area contributed by atoms with Crippen LogP contribution in [0.1, 0.15) is 67.1 Å². The lowest BCUT2D eigenvalue weighted by Gasteiger charge is -2.37. The molecule has 9 nitrogen and oxygen atoms in total. The Morgan fingerprint density at radius 1 is 1.21 bits per heavy atom. The molecule has 1 fully saturated rings. The summed E-state index contributed by atoms with van der Waals surface area (Å²) < 4.78 is 25.5. The van der Waals surface area contributed by atoms with Crippen LogP contribution in [0.5, 0.6) is 0 Å². The van der Waals surface area contributed by atoms with Crippen LogP contribution in [0, 0.1) is 23.1 Å². The predicted molar refractivity (Wildman–Crippen MR) is 156 cm³/mol. The molecular formula is C32H30ClFN4O5. The van der Waals surface area contributed by atoms with E-state index in [-0.39, 0.29) is 53.3 Å². The Morgan fingerprint density at radius 3 is 2.77 bits per heavy atom. The number of ether oxygens (including phenoxy) is 2. The number of nitrogens with one attached hydrogen (secondary N) is 1. The second kappa shape index (κ2) is 12.8. The number of nitrogens with zero attached hydrogens (tertiary/aromatic N) is 3. The van der Waals surface area contributed by atoms with E-state index in [1.807, 2.05) is 31.2 Å². The molecule has 1 unspecified atom stereocenters. The number of amides is 2. The Hall–Kier alpha value is -4.49. The van der Waals surface area contributed by atoms with Gasteiger partial charge in [0.25, 0.3) is 0 Å². The van der Waals surface area contributed by atoms with E-state index in [9.17, 15) is 24.0 Å².